The Balaban J connectivity index is 1.90. The van der Waals surface area contributed by atoms with Crippen molar-refractivity contribution in [2.24, 2.45) is 5.16 Å². The second-order valence-corrected chi connectivity index (χ2v) is 7.13. The van der Waals surface area contributed by atoms with Crippen LogP contribution in [0.25, 0.3) is 27.6 Å². The standard InChI is InChI=1S/C21H18N4OS/c1-14-20(15(2)24-26)27-21(22-14)25-19(17-11-7-4-8-12-17)13-18(23-25)16-9-5-3-6-10-16/h3-13,26H,1-2H3/b24-15-. The van der Waals surface area contributed by atoms with Crippen molar-refractivity contribution in [3.63, 3.8) is 0 Å². The van der Waals surface area contributed by atoms with E-state index in [9.17, 15) is 0 Å². The number of benzene rings is 2. The molecule has 0 aliphatic rings. The summed E-state index contributed by atoms with van der Waals surface area (Å²) in [5.74, 6) is 0. The third-order valence-corrected chi connectivity index (χ3v) is 5.54. The minimum Gasteiger partial charge on any atom is -0.411 e. The van der Waals surface area contributed by atoms with Gasteiger partial charge in [0.25, 0.3) is 0 Å². The lowest BCUT2D eigenvalue weighted by molar-refractivity contribution is 0.319. The highest BCUT2D eigenvalue weighted by molar-refractivity contribution is 7.16. The Kier molecular flexibility index (Phi) is 4.56. The molecule has 1 N–H and O–H groups in total. The van der Waals surface area contributed by atoms with Crippen molar-refractivity contribution in [3.05, 3.63) is 77.3 Å². The molecule has 4 rings (SSSR count). The molecule has 0 fully saturated rings. The summed E-state index contributed by atoms with van der Waals surface area (Å²) in [7, 11) is 0. The number of rotatable bonds is 4. The maximum absolute atomic E-state index is 9.12. The summed E-state index contributed by atoms with van der Waals surface area (Å²) < 4.78 is 1.86. The topological polar surface area (TPSA) is 63.3 Å². The number of nitrogens with zero attached hydrogens (tertiary/aromatic N) is 4. The maximum atomic E-state index is 9.12. The zero-order valence-corrected chi connectivity index (χ0v) is 15.8. The summed E-state index contributed by atoms with van der Waals surface area (Å²) in [5, 5.41) is 18.0. The van der Waals surface area contributed by atoms with Gasteiger partial charge in [-0.2, -0.15) is 5.10 Å². The monoisotopic (exact) mass is 374 g/mol. The molecular formula is C21H18N4OS. The molecule has 2 heterocycles. The minimum absolute atomic E-state index is 0.549. The van der Waals surface area contributed by atoms with E-state index in [1.807, 2.05) is 60.1 Å². The molecule has 134 valence electrons. The average Bonchev–Trinajstić information content (AvgIpc) is 3.33. The largest absolute Gasteiger partial charge is 0.411 e. The summed E-state index contributed by atoms with van der Waals surface area (Å²) in [5.41, 5.74) is 5.34. The highest BCUT2D eigenvalue weighted by Gasteiger charge is 2.18. The molecule has 0 unspecified atom stereocenters. The summed E-state index contributed by atoms with van der Waals surface area (Å²) in [4.78, 5) is 5.52. The molecule has 0 amide bonds. The Labute approximate surface area is 161 Å². The Morgan fingerprint density at radius 2 is 1.63 bits per heavy atom. The fourth-order valence-electron chi connectivity index (χ4n) is 2.95. The van der Waals surface area contributed by atoms with E-state index in [2.05, 4.69) is 28.3 Å². The van der Waals surface area contributed by atoms with Gasteiger partial charge in [0.05, 0.1) is 27.7 Å². The van der Waals surface area contributed by atoms with E-state index in [-0.39, 0.29) is 0 Å². The number of hydrogen-bond acceptors (Lipinski definition) is 5. The van der Waals surface area contributed by atoms with Gasteiger partial charge in [-0.25, -0.2) is 9.67 Å². The van der Waals surface area contributed by atoms with E-state index in [0.717, 1.165) is 38.2 Å². The first kappa shape index (κ1) is 17.2. The SMILES string of the molecule is C/C(=N/O)c1sc(-n2nc(-c3ccccc3)cc2-c2ccccc2)nc1C. The summed E-state index contributed by atoms with van der Waals surface area (Å²) in [6, 6.07) is 22.3. The Morgan fingerprint density at radius 1 is 1.00 bits per heavy atom. The molecule has 0 radical (unpaired) electrons. The second kappa shape index (κ2) is 7.17. The average molecular weight is 374 g/mol. The summed E-state index contributed by atoms with van der Waals surface area (Å²) >= 11 is 1.46. The lowest BCUT2D eigenvalue weighted by Crippen LogP contribution is -1.98. The van der Waals surface area contributed by atoms with Crippen LogP contribution in [0.1, 0.15) is 17.5 Å². The molecule has 2 aromatic carbocycles. The van der Waals surface area contributed by atoms with Crippen molar-refractivity contribution in [2.75, 3.05) is 0 Å². The van der Waals surface area contributed by atoms with Gasteiger partial charge in [0, 0.05) is 11.1 Å². The predicted molar refractivity (Wildman–Crippen MR) is 109 cm³/mol. The number of thiazole rings is 1. The van der Waals surface area contributed by atoms with Crippen LogP contribution < -0.4 is 0 Å². The van der Waals surface area contributed by atoms with Crippen molar-refractivity contribution >= 4 is 17.0 Å². The van der Waals surface area contributed by atoms with Crippen LogP contribution in [0.5, 0.6) is 0 Å². The summed E-state index contributed by atoms with van der Waals surface area (Å²) in [6.45, 7) is 3.68. The van der Waals surface area contributed by atoms with Crippen LogP contribution in [-0.2, 0) is 0 Å². The molecule has 0 bridgehead atoms. The first-order chi connectivity index (χ1) is 13.2. The highest BCUT2D eigenvalue weighted by Crippen LogP contribution is 2.31. The fourth-order valence-corrected chi connectivity index (χ4v) is 3.92. The third kappa shape index (κ3) is 3.27. The molecule has 0 saturated heterocycles. The molecule has 0 aliphatic carbocycles. The zero-order chi connectivity index (χ0) is 18.8. The number of oxime groups is 1. The van der Waals surface area contributed by atoms with Crippen LogP contribution in [0.2, 0.25) is 0 Å². The first-order valence-corrected chi connectivity index (χ1v) is 9.37. The number of aryl methyl sites for hydroxylation is 1. The Bertz CT molecular complexity index is 1100. The van der Waals surface area contributed by atoms with Crippen molar-refractivity contribution in [2.45, 2.75) is 13.8 Å². The van der Waals surface area contributed by atoms with E-state index in [1.165, 1.54) is 11.3 Å². The molecule has 6 heteroatoms. The summed E-state index contributed by atoms with van der Waals surface area (Å²) in [6.07, 6.45) is 0. The zero-order valence-electron chi connectivity index (χ0n) is 15.0. The maximum Gasteiger partial charge on any atom is 0.211 e. The lowest BCUT2D eigenvalue weighted by Gasteiger charge is -2.03. The molecule has 4 aromatic rings. The van der Waals surface area contributed by atoms with Gasteiger partial charge < -0.3 is 5.21 Å². The lowest BCUT2D eigenvalue weighted by atomic mass is 10.1. The molecule has 0 saturated carbocycles. The Hall–Kier alpha value is -3.25. The predicted octanol–water partition coefficient (Wildman–Crippen LogP) is 5.17. The molecule has 27 heavy (non-hydrogen) atoms. The molecule has 0 spiro atoms. The smallest absolute Gasteiger partial charge is 0.211 e. The van der Waals surface area contributed by atoms with Gasteiger partial charge in [0.1, 0.15) is 0 Å². The van der Waals surface area contributed by atoms with Gasteiger partial charge in [0.2, 0.25) is 5.13 Å². The van der Waals surface area contributed by atoms with E-state index in [1.54, 1.807) is 6.92 Å². The second-order valence-electron chi connectivity index (χ2n) is 6.16. The van der Waals surface area contributed by atoms with Gasteiger partial charge in [-0.15, -0.1) is 0 Å². The van der Waals surface area contributed by atoms with Crippen LogP contribution in [0, 0.1) is 6.92 Å². The van der Waals surface area contributed by atoms with Crippen LogP contribution in [-0.4, -0.2) is 25.7 Å². The van der Waals surface area contributed by atoms with Crippen LogP contribution in [0.15, 0.2) is 71.9 Å². The van der Waals surface area contributed by atoms with Crippen molar-refractivity contribution < 1.29 is 5.21 Å². The quantitative estimate of drug-likeness (QED) is 0.304. The van der Waals surface area contributed by atoms with E-state index in [4.69, 9.17) is 10.3 Å². The molecule has 0 aliphatic heterocycles. The molecule has 5 nitrogen and oxygen atoms in total. The van der Waals surface area contributed by atoms with Crippen molar-refractivity contribution in [3.8, 4) is 27.6 Å². The van der Waals surface area contributed by atoms with Crippen LogP contribution in [0.4, 0.5) is 0 Å². The van der Waals surface area contributed by atoms with Crippen LogP contribution in [0.3, 0.4) is 0 Å². The molecular weight excluding hydrogens is 356 g/mol. The van der Waals surface area contributed by atoms with Gasteiger partial charge in [-0.05, 0) is 19.9 Å². The third-order valence-electron chi connectivity index (χ3n) is 4.29. The first-order valence-electron chi connectivity index (χ1n) is 8.55. The molecule has 2 aromatic heterocycles. The minimum atomic E-state index is 0.549. The van der Waals surface area contributed by atoms with Gasteiger partial charge in [-0.1, -0.05) is 77.2 Å². The van der Waals surface area contributed by atoms with E-state index in [0.29, 0.717) is 5.71 Å². The van der Waals surface area contributed by atoms with Gasteiger partial charge in [0.15, 0.2) is 0 Å². The number of aromatic nitrogens is 3. The fraction of sp³-hybridized carbons (Fsp3) is 0.0952. The van der Waals surface area contributed by atoms with E-state index >= 15 is 0 Å². The van der Waals surface area contributed by atoms with Crippen LogP contribution >= 0.6 is 11.3 Å². The molecule has 0 atom stereocenters. The van der Waals surface area contributed by atoms with Gasteiger partial charge in [-0.3, -0.25) is 0 Å². The van der Waals surface area contributed by atoms with Gasteiger partial charge >= 0.3 is 0 Å². The van der Waals surface area contributed by atoms with Crippen molar-refractivity contribution in [1.82, 2.24) is 14.8 Å². The van der Waals surface area contributed by atoms with Crippen molar-refractivity contribution in [1.29, 1.82) is 0 Å². The normalized spacial score (nSPS) is 11.7. The highest BCUT2D eigenvalue weighted by atomic mass is 32.1. The van der Waals surface area contributed by atoms with E-state index < -0.39 is 0 Å². The number of hydrogen-bond donors (Lipinski definition) is 1. The Morgan fingerprint density at radius 3 is 2.26 bits per heavy atom.